The summed E-state index contributed by atoms with van der Waals surface area (Å²) in [5.74, 6) is 4.93. The fourth-order valence-corrected chi connectivity index (χ4v) is 18.7. The molecule has 6 nitrogen and oxygen atoms in total. The minimum Gasteiger partial charge on any atom is -0.466 e. The Labute approximate surface area is 692 Å². The first-order chi connectivity index (χ1) is 57.0. The third kappa shape index (κ3) is 13.8. The fourth-order valence-electron chi connectivity index (χ4n) is 18.7. The number of aryl methyl sites for hydroxylation is 14. The predicted molar refractivity (Wildman–Crippen MR) is 489 cm³/mol. The Morgan fingerprint density at radius 2 is 0.661 bits per heavy atom. The van der Waals surface area contributed by atoms with Gasteiger partial charge in [0.15, 0.2) is 0 Å². The monoisotopic (exact) mass is 1530 g/mol. The number of aromatic nitrogens is 2. The number of nitrogens with zero attached hydrogens (tertiary/aromatic N) is 2. The Morgan fingerprint density at radius 3 is 1.12 bits per heavy atom. The van der Waals surface area contributed by atoms with Crippen LogP contribution in [0.3, 0.4) is 0 Å². The first-order valence-corrected chi connectivity index (χ1v) is 41.6. The molecule has 0 bridgehead atoms. The van der Waals surface area contributed by atoms with Gasteiger partial charge in [0, 0.05) is 38.6 Å². The van der Waals surface area contributed by atoms with Crippen molar-refractivity contribution < 1.29 is 17.7 Å². The Balaban J connectivity index is 0.0000000982. The molecule has 0 aliphatic heterocycles. The van der Waals surface area contributed by atoms with Gasteiger partial charge in [-0.2, -0.15) is 0 Å². The maximum Gasteiger partial charge on any atom is 0.142 e. The zero-order chi connectivity index (χ0) is 81.2. The van der Waals surface area contributed by atoms with Crippen molar-refractivity contribution in [2.75, 3.05) is 0 Å². The molecule has 5 aromatic heterocycles. The molecule has 0 saturated carbocycles. The molecule has 0 atom stereocenters. The van der Waals surface area contributed by atoms with Gasteiger partial charge < -0.3 is 17.7 Å². The number of para-hydroxylation sites is 2. The van der Waals surface area contributed by atoms with E-state index >= 15 is 0 Å². The zero-order valence-corrected chi connectivity index (χ0v) is 70.2. The molecule has 118 heavy (non-hydrogen) atoms. The van der Waals surface area contributed by atoms with Gasteiger partial charge in [0.25, 0.3) is 0 Å². The largest absolute Gasteiger partial charge is 0.466 e. The van der Waals surface area contributed by atoms with Crippen LogP contribution in [0.4, 0.5) is 0 Å². The van der Waals surface area contributed by atoms with Crippen LogP contribution in [0.15, 0.2) is 267 Å². The van der Waals surface area contributed by atoms with E-state index in [-0.39, 0.29) is 0 Å². The van der Waals surface area contributed by atoms with Crippen LogP contribution >= 0.6 is 0 Å². The second-order valence-electron chi connectivity index (χ2n) is 33.9. The lowest BCUT2D eigenvalue weighted by Crippen LogP contribution is -1.95. The smallest absolute Gasteiger partial charge is 0.142 e. The minimum atomic E-state index is 0.954. The van der Waals surface area contributed by atoms with Crippen molar-refractivity contribution >= 4 is 33.0 Å². The molecule has 13 aromatic carbocycles. The van der Waals surface area contributed by atoms with Gasteiger partial charge in [-0.25, -0.2) is 9.97 Å². The van der Waals surface area contributed by atoms with Crippen molar-refractivity contribution in [2.45, 2.75) is 136 Å². The molecular formula is C112H96N2O4. The fraction of sp³-hybridized carbons (Fsp3) is 0.179. The second kappa shape index (κ2) is 29.8. The molecule has 18 aromatic rings. The van der Waals surface area contributed by atoms with Crippen molar-refractivity contribution in [2.24, 2.45) is 0 Å². The summed E-state index contributed by atoms with van der Waals surface area (Å²) in [6.45, 7) is 31.6. The molecule has 6 heteroatoms. The van der Waals surface area contributed by atoms with E-state index < -0.39 is 0 Å². The van der Waals surface area contributed by atoms with E-state index in [1.165, 1.54) is 211 Å². The molecule has 0 saturated heterocycles. The Bertz CT molecular complexity index is 7010. The molecule has 578 valence electrons. The van der Waals surface area contributed by atoms with E-state index in [4.69, 9.17) is 27.6 Å². The second-order valence-corrected chi connectivity index (χ2v) is 33.9. The summed E-state index contributed by atoms with van der Waals surface area (Å²) < 4.78 is 23.6. The molecule has 0 unspecified atom stereocenters. The zero-order valence-electron chi connectivity index (χ0n) is 70.2. The summed E-state index contributed by atoms with van der Waals surface area (Å²) in [6, 6.07) is 89.1. The Kier molecular flexibility index (Phi) is 18.9. The van der Waals surface area contributed by atoms with Gasteiger partial charge in [0.05, 0.1) is 28.7 Å². The molecule has 5 heterocycles. The predicted octanol–water partition coefficient (Wildman–Crippen LogP) is 29.9. The maximum atomic E-state index is 6.15. The number of benzene rings is 13. The molecule has 23 rings (SSSR count). The Morgan fingerprint density at radius 1 is 0.271 bits per heavy atom. The molecule has 0 amide bonds. The molecule has 5 aliphatic carbocycles. The van der Waals surface area contributed by atoms with Crippen LogP contribution in [0.1, 0.15) is 140 Å². The number of fused-ring (bicyclic) bond motifs is 18. The van der Waals surface area contributed by atoms with Crippen LogP contribution in [0, 0.1) is 104 Å². The Hall–Kier alpha value is -13.2. The minimum absolute atomic E-state index is 0.954. The van der Waals surface area contributed by atoms with Gasteiger partial charge in [-0.3, -0.25) is 0 Å². The molecular weight excluding hydrogens is 1440 g/mol. The van der Waals surface area contributed by atoms with Gasteiger partial charge in [0.2, 0.25) is 0 Å². The van der Waals surface area contributed by atoms with Crippen LogP contribution < -0.4 is 0 Å². The lowest BCUT2D eigenvalue weighted by Gasteiger charge is -2.10. The summed E-state index contributed by atoms with van der Waals surface area (Å²) in [6.07, 6.45) is 6.95. The van der Waals surface area contributed by atoms with E-state index in [9.17, 15) is 0 Å². The summed E-state index contributed by atoms with van der Waals surface area (Å²) in [4.78, 5) is 9.55. The van der Waals surface area contributed by atoms with Crippen LogP contribution in [0.25, 0.3) is 145 Å². The van der Waals surface area contributed by atoms with Gasteiger partial charge in [-0.15, -0.1) is 0 Å². The highest BCUT2D eigenvalue weighted by molar-refractivity contribution is 5.97. The van der Waals surface area contributed by atoms with Crippen molar-refractivity contribution in [3.8, 4) is 112 Å². The average Bonchev–Trinajstić information content (AvgIpc) is 1.60. The highest BCUT2D eigenvalue weighted by Gasteiger charge is 2.27. The van der Waals surface area contributed by atoms with Crippen LogP contribution in [0.2, 0.25) is 0 Å². The van der Waals surface area contributed by atoms with Crippen molar-refractivity contribution in [3.63, 3.8) is 0 Å². The molecule has 5 aliphatic rings. The van der Waals surface area contributed by atoms with E-state index in [0.717, 1.165) is 106 Å². The third-order valence-electron chi connectivity index (χ3n) is 25.4. The first kappa shape index (κ1) is 74.9. The summed E-state index contributed by atoms with van der Waals surface area (Å²) in [5, 5.41) is 2.40. The topological polar surface area (TPSA) is 78.3 Å². The lowest BCUT2D eigenvalue weighted by atomic mass is 9.97. The number of rotatable bonds is 5. The van der Waals surface area contributed by atoms with Crippen LogP contribution in [-0.4, -0.2) is 9.97 Å². The lowest BCUT2D eigenvalue weighted by molar-refractivity contribution is 0.505. The van der Waals surface area contributed by atoms with Gasteiger partial charge in [-0.05, 0) is 334 Å². The standard InChI is InChI=1S/C24H20N2.2C24H20O.2C20H18O/c1-14-7-9-20-18(11-14)13-19-12-17(8-10-21(19)20)22-5-4-6-23-24(22)26-16(3)15(2)25-23;1-14-4-6-21-18(8-14)12-19-11-17(5-7-22(19)21)24-13-20-9-15(2)16(3)10-23(20)25-24;1-14-7-9-21-18(11-14)13-19-12-17(8-10-22(19)21)23-6-4-5-20-15(2)16(3)25-24(20)23;1-12-4-6-18-16(8-12)10-17-9-15(5-7-19(17)18)20-14(3)13(2)11-21-20;1-12-4-6-18-16(8-12)11-17-10-15(5-7-19(17)18)20-9-13(2)21-14(20)3/h4-12H,13H2,1-3H3;4-11,13H,12H2,1-3H3;4-12H,13H2,1-3H3;4-9,11H,10H2,1-3H3;4-10H,11H2,1-3H3. The number of hydrogen-bond acceptors (Lipinski definition) is 6. The molecule has 0 fully saturated rings. The number of furan rings is 4. The molecule has 0 N–H and O–H groups in total. The van der Waals surface area contributed by atoms with E-state index in [2.05, 4.69) is 306 Å². The summed E-state index contributed by atoms with van der Waals surface area (Å²) >= 11 is 0. The van der Waals surface area contributed by atoms with E-state index in [1.54, 1.807) is 0 Å². The first-order valence-electron chi connectivity index (χ1n) is 41.6. The maximum absolute atomic E-state index is 6.15. The van der Waals surface area contributed by atoms with Crippen molar-refractivity contribution in [1.82, 2.24) is 9.97 Å². The molecule has 0 spiro atoms. The third-order valence-corrected chi connectivity index (χ3v) is 25.4. The summed E-state index contributed by atoms with van der Waals surface area (Å²) in [7, 11) is 0. The van der Waals surface area contributed by atoms with Gasteiger partial charge >= 0.3 is 0 Å². The summed E-state index contributed by atoms with van der Waals surface area (Å²) in [5.41, 5.74) is 56.4. The van der Waals surface area contributed by atoms with Crippen molar-refractivity contribution in [3.05, 3.63) is 389 Å². The van der Waals surface area contributed by atoms with Crippen molar-refractivity contribution in [1.29, 1.82) is 0 Å². The van der Waals surface area contributed by atoms with Crippen LogP contribution in [-0.2, 0) is 32.1 Å². The molecule has 0 radical (unpaired) electrons. The normalized spacial score (nSPS) is 12.4. The SMILES string of the molecule is Cc1ccc2c(c1)Cc1cc(-c3cc(C)oc3C)ccc1-2.Cc1ccc2c(c1)Cc1cc(-c3cc4cc(C)c(C)cc4o3)ccc1-2.Cc1ccc2c(c1)Cc1cc(-c3cccc4c(C)c(C)oc34)ccc1-2.Cc1ccc2c(c1)Cc1cc(-c3cccc4nc(C)c(C)nc34)ccc1-2.Cc1ccc2c(c1)Cc1cc(-c3occ(C)c3C)ccc1-2. The van der Waals surface area contributed by atoms with E-state index in [0.29, 0.717) is 0 Å². The van der Waals surface area contributed by atoms with Crippen LogP contribution in [0.5, 0.6) is 0 Å². The van der Waals surface area contributed by atoms with E-state index in [1.807, 2.05) is 46.9 Å². The number of hydrogen-bond donors (Lipinski definition) is 0. The average molecular weight is 1530 g/mol. The highest BCUT2D eigenvalue weighted by atomic mass is 16.3. The van der Waals surface area contributed by atoms with Gasteiger partial charge in [0.1, 0.15) is 40.0 Å². The highest BCUT2D eigenvalue weighted by Crippen LogP contribution is 2.47. The quantitative estimate of drug-likeness (QED) is 0.171. The van der Waals surface area contributed by atoms with Gasteiger partial charge in [-0.1, -0.05) is 228 Å².